The van der Waals surface area contributed by atoms with Gasteiger partial charge in [-0.3, -0.25) is 4.79 Å². The van der Waals surface area contributed by atoms with E-state index in [2.05, 4.69) is 5.32 Å². The Bertz CT molecular complexity index is 1010. The van der Waals surface area contributed by atoms with Gasteiger partial charge in [-0.25, -0.2) is 12.8 Å². The molecule has 1 fully saturated rings. The molecule has 7 nitrogen and oxygen atoms in total. The van der Waals surface area contributed by atoms with E-state index in [1.165, 1.54) is 12.1 Å². The van der Waals surface area contributed by atoms with Crippen molar-refractivity contribution in [2.45, 2.75) is 4.90 Å². The number of hydrogen-bond donors (Lipinski definition) is 1. The number of hydrogen-bond acceptors (Lipinski definition) is 5. The molecule has 0 aromatic heterocycles. The number of ether oxygens (including phenoxy) is 1. The van der Waals surface area contributed by atoms with Gasteiger partial charge in [-0.15, -0.1) is 0 Å². The van der Waals surface area contributed by atoms with E-state index in [-0.39, 0.29) is 31.9 Å². The molecule has 2 aromatic rings. The van der Waals surface area contributed by atoms with Crippen molar-refractivity contribution in [3.63, 3.8) is 0 Å². The molecular formula is C18H16FN3O4S. The minimum atomic E-state index is -4.08. The molecule has 9 heteroatoms. The minimum absolute atomic E-state index is 0.00871. The lowest BCUT2D eigenvalue weighted by molar-refractivity contribution is 0.0729. The Kier molecular flexibility index (Phi) is 5.51. The zero-order valence-electron chi connectivity index (χ0n) is 14.2. The Balaban J connectivity index is 1.88. The summed E-state index contributed by atoms with van der Waals surface area (Å²) in [4.78, 5) is 11.9. The van der Waals surface area contributed by atoms with E-state index < -0.39 is 26.6 Å². The topological polar surface area (TPSA) is 99.5 Å². The number of nitrogens with one attached hydrogen (secondary N) is 1. The van der Waals surface area contributed by atoms with E-state index in [1.54, 1.807) is 18.2 Å². The zero-order chi connectivity index (χ0) is 19.4. The summed E-state index contributed by atoms with van der Waals surface area (Å²) < 4.78 is 45.8. The normalized spacial score (nSPS) is 15.1. The molecule has 27 heavy (non-hydrogen) atoms. The smallest absolute Gasteiger partial charge is 0.255 e. The van der Waals surface area contributed by atoms with E-state index >= 15 is 0 Å². The van der Waals surface area contributed by atoms with Crippen LogP contribution in [0.25, 0.3) is 0 Å². The molecule has 3 rings (SSSR count). The lowest BCUT2D eigenvalue weighted by Gasteiger charge is -2.26. The fourth-order valence-electron chi connectivity index (χ4n) is 2.64. The van der Waals surface area contributed by atoms with E-state index in [0.29, 0.717) is 11.3 Å². The third-order valence-corrected chi connectivity index (χ3v) is 5.94. The highest BCUT2D eigenvalue weighted by Crippen LogP contribution is 2.22. The highest BCUT2D eigenvalue weighted by atomic mass is 32.2. The summed E-state index contributed by atoms with van der Waals surface area (Å²) in [6.45, 7) is 0.713. The molecule has 2 aromatic carbocycles. The molecule has 1 aliphatic heterocycles. The number of nitrogens with zero attached hydrogens (tertiary/aromatic N) is 2. The molecule has 140 valence electrons. The van der Waals surface area contributed by atoms with Crippen LogP contribution in [0.3, 0.4) is 0 Å². The van der Waals surface area contributed by atoms with Crippen LogP contribution in [0.15, 0.2) is 47.4 Å². The van der Waals surface area contributed by atoms with Gasteiger partial charge in [-0.1, -0.05) is 6.07 Å². The lowest BCUT2D eigenvalue weighted by Crippen LogP contribution is -2.41. The van der Waals surface area contributed by atoms with Crippen molar-refractivity contribution in [1.82, 2.24) is 4.31 Å². The second-order valence-electron chi connectivity index (χ2n) is 5.81. The first-order valence-corrected chi connectivity index (χ1v) is 9.55. The van der Waals surface area contributed by atoms with Gasteiger partial charge in [0.25, 0.3) is 5.91 Å². The number of morpholine rings is 1. The van der Waals surface area contributed by atoms with Gasteiger partial charge in [0.15, 0.2) is 0 Å². The molecule has 0 radical (unpaired) electrons. The van der Waals surface area contributed by atoms with Crippen molar-refractivity contribution in [2.75, 3.05) is 31.6 Å². The van der Waals surface area contributed by atoms with E-state index in [1.807, 2.05) is 6.07 Å². The predicted octanol–water partition coefficient (Wildman–Crippen LogP) is 1.97. The van der Waals surface area contributed by atoms with Crippen molar-refractivity contribution >= 4 is 21.6 Å². The highest BCUT2D eigenvalue weighted by molar-refractivity contribution is 7.89. The van der Waals surface area contributed by atoms with Crippen molar-refractivity contribution in [1.29, 1.82) is 5.26 Å². The summed E-state index contributed by atoms with van der Waals surface area (Å²) in [5, 5.41) is 11.5. The quantitative estimate of drug-likeness (QED) is 0.862. The number of carbonyl (C=O) groups excluding carboxylic acids is 1. The van der Waals surface area contributed by atoms with Gasteiger partial charge in [0.05, 0.1) is 24.8 Å². The number of anilines is 1. The molecule has 0 atom stereocenters. The van der Waals surface area contributed by atoms with Gasteiger partial charge in [0.2, 0.25) is 10.0 Å². The van der Waals surface area contributed by atoms with Crippen LogP contribution in [0.2, 0.25) is 0 Å². The molecule has 0 bridgehead atoms. The average molecular weight is 389 g/mol. The third-order valence-electron chi connectivity index (χ3n) is 4.03. The van der Waals surface area contributed by atoms with Gasteiger partial charge in [0, 0.05) is 24.3 Å². The Labute approximate surface area is 156 Å². The maximum Gasteiger partial charge on any atom is 0.255 e. The Morgan fingerprint density at radius 2 is 1.93 bits per heavy atom. The summed E-state index contributed by atoms with van der Waals surface area (Å²) in [5.74, 6) is -1.53. The average Bonchev–Trinajstić information content (AvgIpc) is 2.69. The molecule has 1 heterocycles. The number of benzene rings is 2. The number of sulfonamides is 1. The van der Waals surface area contributed by atoms with Crippen LogP contribution in [-0.4, -0.2) is 44.9 Å². The zero-order valence-corrected chi connectivity index (χ0v) is 15.0. The number of halogens is 1. The monoisotopic (exact) mass is 389 g/mol. The van der Waals surface area contributed by atoms with Gasteiger partial charge in [-0.2, -0.15) is 9.57 Å². The summed E-state index contributed by atoms with van der Waals surface area (Å²) in [7, 11) is -4.08. The molecule has 1 N–H and O–H groups in total. The summed E-state index contributed by atoms with van der Waals surface area (Å²) in [5.41, 5.74) is 0.731. The van der Waals surface area contributed by atoms with Crippen LogP contribution in [0, 0.1) is 17.1 Å². The predicted molar refractivity (Wildman–Crippen MR) is 95.1 cm³/mol. The molecule has 1 amide bonds. The fourth-order valence-corrected chi connectivity index (χ4v) is 4.14. The molecule has 0 unspecified atom stereocenters. The number of rotatable bonds is 4. The first kappa shape index (κ1) is 19.0. The second-order valence-corrected chi connectivity index (χ2v) is 7.71. The summed E-state index contributed by atoms with van der Waals surface area (Å²) in [6, 6.07) is 11.4. The Hall–Kier alpha value is -2.80. The number of amides is 1. The molecule has 0 saturated carbocycles. The van der Waals surface area contributed by atoms with Crippen molar-refractivity contribution < 1.29 is 22.3 Å². The molecule has 1 aliphatic rings. The maximum absolute atomic E-state index is 14.2. The van der Waals surface area contributed by atoms with Gasteiger partial charge in [-0.05, 0) is 36.4 Å². The van der Waals surface area contributed by atoms with Crippen LogP contribution < -0.4 is 5.32 Å². The Morgan fingerprint density at radius 1 is 1.19 bits per heavy atom. The summed E-state index contributed by atoms with van der Waals surface area (Å²) in [6.07, 6.45) is 0. The first-order valence-electron chi connectivity index (χ1n) is 8.11. The minimum Gasteiger partial charge on any atom is -0.379 e. The van der Waals surface area contributed by atoms with Gasteiger partial charge >= 0.3 is 0 Å². The van der Waals surface area contributed by atoms with Gasteiger partial charge < -0.3 is 10.1 Å². The molecular weight excluding hydrogens is 373 g/mol. The molecule has 0 spiro atoms. The number of carbonyl (C=O) groups is 1. The first-order chi connectivity index (χ1) is 12.9. The van der Waals surface area contributed by atoms with Crippen molar-refractivity contribution in [3.8, 4) is 6.07 Å². The second kappa shape index (κ2) is 7.84. The third kappa shape index (κ3) is 4.14. The standard InChI is InChI=1S/C18H16FN3O4S/c19-16-5-4-14(18(23)21-15-3-1-2-13(10-15)12-20)11-17(16)27(24,25)22-6-8-26-9-7-22/h1-5,10-11H,6-9H2,(H,21,23). The Morgan fingerprint density at radius 3 is 2.63 bits per heavy atom. The van der Waals surface area contributed by atoms with Crippen molar-refractivity contribution in [3.05, 3.63) is 59.4 Å². The largest absolute Gasteiger partial charge is 0.379 e. The SMILES string of the molecule is N#Cc1cccc(NC(=O)c2ccc(F)c(S(=O)(=O)N3CCOCC3)c2)c1. The highest BCUT2D eigenvalue weighted by Gasteiger charge is 2.29. The van der Waals surface area contributed by atoms with Crippen LogP contribution in [0.4, 0.5) is 10.1 Å². The van der Waals surface area contributed by atoms with E-state index in [9.17, 15) is 17.6 Å². The van der Waals surface area contributed by atoms with E-state index in [0.717, 1.165) is 16.4 Å². The maximum atomic E-state index is 14.2. The fraction of sp³-hybridized carbons (Fsp3) is 0.222. The summed E-state index contributed by atoms with van der Waals surface area (Å²) >= 11 is 0. The lowest BCUT2D eigenvalue weighted by atomic mass is 10.2. The van der Waals surface area contributed by atoms with Crippen LogP contribution >= 0.6 is 0 Å². The van der Waals surface area contributed by atoms with Gasteiger partial charge in [0.1, 0.15) is 10.7 Å². The van der Waals surface area contributed by atoms with Crippen LogP contribution in [0.5, 0.6) is 0 Å². The van der Waals surface area contributed by atoms with E-state index in [4.69, 9.17) is 10.00 Å². The molecule has 1 saturated heterocycles. The van der Waals surface area contributed by atoms with Crippen molar-refractivity contribution in [2.24, 2.45) is 0 Å². The number of nitriles is 1. The van der Waals surface area contributed by atoms with Crippen LogP contribution in [-0.2, 0) is 14.8 Å². The van der Waals surface area contributed by atoms with Crippen LogP contribution in [0.1, 0.15) is 15.9 Å². The molecule has 0 aliphatic carbocycles.